The van der Waals surface area contributed by atoms with E-state index in [1.54, 1.807) is 0 Å². The summed E-state index contributed by atoms with van der Waals surface area (Å²) in [5.41, 5.74) is 0. The number of nitrogens with zero attached hydrogens (tertiary/aromatic N) is 1. The second-order valence-electron chi connectivity index (χ2n) is 7.70. The first kappa shape index (κ1) is 13.1. The predicted molar refractivity (Wildman–Crippen MR) is 79.3 cm³/mol. The van der Waals surface area contributed by atoms with Gasteiger partial charge in [0.25, 0.3) is 0 Å². The zero-order valence-corrected chi connectivity index (χ0v) is 12.7. The second-order valence-corrected chi connectivity index (χ2v) is 7.70. The standard InChI is InChI=1S/C17H28N2O/c1-11-8-9-19(16-5-3-2-4-13(11)16)17(20)14-10-12-6-7-15(14)18-12/h11-16,18H,2-10H2,1H3. The van der Waals surface area contributed by atoms with Crippen LogP contribution in [0.25, 0.3) is 0 Å². The Hall–Kier alpha value is -0.570. The quantitative estimate of drug-likeness (QED) is 0.798. The Kier molecular flexibility index (Phi) is 3.29. The van der Waals surface area contributed by atoms with Crippen molar-refractivity contribution in [1.29, 1.82) is 0 Å². The fourth-order valence-electron chi connectivity index (χ4n) is 5.50. The van der Waals surface area contributed by atoms with E-state index in [1.807, 2.05) is 0 Å². The van der Waals surface area contributed by atoms with Crippen molar-refractivity contribution in [1.82, 2.24) is 10.2 Å². The largest absolute Gasteiger partial charge is 0.339 e. The minimum Gasteiger partial charge on any atom is -0.339 e. The third kappa shape index (κ3) is 2.01. The topological polar surface area (TPSA) is 32.3 Å². The van der Waals surface area contributed by atoms with Crippen molar-refractivity contribution in [3.8, 4) is 0 Å². The lowest BCUT2D eigenvalue weighted by molar-refractivity contribution is -0.144. The van der Waals surface area contributed by atoms with E-state index in [2.05, 4.69) is 17.1 Å². The minimum absolute atomic E-state index is 0.296. The molecular formula is C17H28N2O. The van der Waals surface area contributed by atoms with Crippen LogP contribution in [0, 0.1) is 17.8 Å². The molecule has 3 nitrogen and oxygen atoms in total. The van der Waals surface area contributed by atoms with Crippen LogP contribution in [-0.2, 0) is 4.79 Å². The Morgan fingerprint density at radius 1 is 1.10 bits per heavy atom. The molecule has 0 spiro atoms. The van der Waals surface area contributed by atoms with Gasteiger partial charge in [0.15, 0.2) is 0 Å². The maximum atomic E-state index is 13.0. The van der Waals surface area contributed by atoms with Gasteiger partial charge in [0.2, 0.25) is 5.91 Å². The first-order chi connectivity index (χ1) is 9.74. The van der Waals surface area contributed by atoms with E-state index in [0.29, 0.717) is 30.0 Å². The molecule has 2 bridgehead atoms. The summed E-state index contributed by atoms with van der Waals surface area (Å²) in [5.74, 6) is 2.40. The van der Waals surface area contributed by atoms with E-state index in [4.69, 9.17) is 0 Å². The van der Waals surface area contributed by atoms with Crippen LogP contribution >= 0.6 is 0 Å². The summed E-state index contributed by atoms with van der Waals surface area (Å²) in [7, 11) is 0. The lowest BCUT2D eigenvalue weighted by atomic mass is 9.72. The highest BCUT2D eigenvalue weighted by Crippen LogP contribution is 2.41. The molecule has 4 rings (SSSR count). The van der Waals surface area contributed by atoms with E-state index in [9.17, 15) is 4.79 Å². The van der Waals surface area contributed by atoms with E-state index >= 15 is 0 Å². The number of carbonyl (C=O) groups is 1. The van der Waals surface area contributed by atoms with Crippen molar-refractivity contribution in [2.45, 2.75) is 76.4 Å². The molecule has 6 unspecified atom stereocenters. The SMILES string of the molecule is CC1CCN(C(=O)C2CC3CCC2N3)C2CCCCC12. The summed E-state index contributed by atoms with van der Waals surface area (Å²) >= 11 is 0. The van der Waals surface area contributed by atoms with Gasteiger partial charge in [0.05, 0.1) is 5.92 Å². The predicted octanol–water partition coefficient (Wildman–Crippen LogP) is 2.55. The number of carbonyl (C=O) groups excluding carboxylic acids is 1. The highest BCUT2D eigenvalue weighted by atomic mass is 16.2. The molecule has 0 aromatic heterocycles. The number of amides is 1. The molecule has 3 aliphatic heterocycles. The average molecular weight is 276 g/mol. The molecule has 0 radical (unpaired) electrons. The van der Waals surface area contributed by atoms with Crippen molar-refractivity contribution in [3.63, 3.8) is 0 Å². The highest BCUT2D eigenvalue weighted by molar-refractivity contribution is 5.80. The lowest BCUT2D eigenvalue weighted by Crippen LogP contribution is -2.55. The maximum Gasteiger partial charge on any atom is 0.227 e. The highest BCUT2D eigenvalue weighted by Gasteiger charge is 2.47. The van der Waals surface area contributed by atoms with Crippen LogP contribution in [0.3, 0.4) is 0 Å². The van der Waals surface area contributed by atoms with Crippen molar-refractivity contribution in [2.24, 2.45) is 17.8 Å². The molecule has 0 aromatic rings. The lowest BCUT2D eigenvalue weighted by Gasteiger charge is -2.48. The molecule has 112 valence electrons. The van der Waals surface area contributed by atoms with Crippen molar-refractivity contribution in [2.75, 3.05) is 6.54 Å². The number of hydrogen-bond donors (Lipinski definition) is 1. The number of rotatable bonds is 1. The molecule has 1 aliphatic carbocycles. The van der Waals surface area contributed by atoms with Crippen molar-refractivity contribution < 1.29 is 4.79 Å². The molecule has 3 heterocycles. The van der Waals surface area contributed by atoms with E-state index < -0.39 is 0 Å². The molecule has 6 atom stereocenters. The fraction of sp³-hybridized carbons (Fsp3) is 0.941. The van der Waals surface area contributed by atoms with Gasteiger partial charge in [-0.3, -0.25) is 4.79 Å². The molecule has 1 saturated carbocycles. The summed E-state index contributed by atoms with van der Waals surface area (Å²) in [5, 5.41) is 3.63. The van der Waals surface area contributed by atoms with Crippen LogP contribution in [0.4, 0.5) is 0 Å². The fourth-order valence-corrected chi connectivity index (χ4v) is 5.50. The minimum atomic E-state index is 0.296. The van der Waals surface area contributed by atoms with Crippen LogP contribution in [0.2, 0.25) is 0 Å². The summed E-state index contributed by atoms with van der Waals surface area (Å²) in [6, 6.07) is 1.70. The van der Waals surface area contributed by atoms with Gasteiger partial charge in [-0.05, 0) is 50.4 Å². The first-order valence-electron chi connectivity index (χ1n) is 8.80. The van der Waals surface area contributed by atoms with Crippen molar-refractivity contribution in [3.05, 3.63) is 0 Å². The average Bonchev–Trinajstić information content (AvgIpc) is 3.10. The Morgan fingerprint density at radius 2 is 1.95 bits per heavy atom. The number of fused-ring (bicyclic) bond motifs is 3. The van der Waals surface area contributed by atoms with E-state index in [0.717, 1.165) is 24.8 Å². The maximum absolute atomic E-state index is 13.0. The Bertz CT molecular complexity index is 396. The van der Waals surface area contributed by atoms with Crippen LogP contribution < -0.4 is 5.32 Å². The van der Waals surface area contributed by atoms with Crippen LogP contribution in [0.5, 0.6) is 0 Å². The zero-order valence-electron chi connectivity index (χ0n) is 12.7. The molecule has 0 aromatic carbocycles. The van der Waals surface area contributed by atoms with Gasteiger partial charge in [0, 0.05) is 24.7 Å². The third-order valence-electron chi connectivity index (χ3n) is 6.64. The van der Waals surface area contributed by atoms with Gasteiger partial charge in [-0.15, -0.1) is 0 Å². The zero-order chi connectivity index (χ0) is 13.7. The van der Waals surface area contributed by atoms with Gasteiger partial charge in [-0.25, -0.2) is 0 Å². The van der Waals surface area contributed by atoms with Gasteiger partial charge in [-0.2, -0.15) is 0 Å². The van der Waals surface area contributed by atoms with Crippen LogP contribution in [0.1, 0.15) is 58.3 Å². The molecular weight excluding hydrogens is 248 g/mol. The number of nitrogens with one attached hydrogen (secondary N) is 1. The number of likely N-dealkylation sites (tertiary alicyclic amines) is 1. The second kappa shape index (κ2) is 5.01. The molecule has 3 saturated heterocycles. The Balaban J connectivity index is 1.50. The van der Waals surface area contributed by atoms with Crippen LogP contribution in [0.15, 0.2) is 0 Å². The molecule has 4 aliphatic rings. The molecule has 20 heavy (non-hydrogen) atoms. The van der Waals surface area contributed by atoms with Crippen molar-refractivity contribution >= 4 is 5.91 Å². The molecule has 3 heteroatoms. The molecule has 1 N–H and O–H groups in total. The monoisotopic (exact) mass is 276 g/mol. The summed E-state index contributed by atoms with van der Waals surface area (Å²) < 4.78 is 0. The van der Waals surface area contributed by atoms with Gasteiger partial charge in [0.1, 0.15) is 0 Å². The van der Waals surface area contributed by atoms with Gasteiger partial charge in [-0.1, -0.05) is 19.8 Å². The third-order valence-corrected chi connectivity index (χ3v) is 6.64. The summed E-state index contributed by atoms with van der Waals surface area (Å²) in [6.07, 6.45) is 10.2. The van der Waals surface area contributed by atoms with Gasteiger partial charge >= 0.3 is 0 Å². The molecule has 4 fully saturated rings. The Labute approximate surface area is 122 Å². The van der Waals surface area contributed by atoms with E-state index in [-0.39, 0.29) is 0 Å². The Morgan fingerprint density at radius 3 is 2.70 bits per heavy atom. The van der Waals surface area contributed by atoms with Gasteiger partial charge < -0.3 is 10.2 Å². The first-order valence-corrected chi connectivity index (χ1v) is 8.80. The molecule has 1 amide bonds. The number of piperidine rings is 1. The van der Waals surface area contributed by atoms with Crippen LogP contribution in [-0.4, -0.2) is 35.5 Å². The normalized spacial score (nSPS) is 47.4. The smallest absolute Gasteiger partial charge is 0.227 e. The summed E-state index contributed by atoms with van der Waals surface area (Å²) in [4.78, 5) is 15.4. The summed E-state index contributed by atoms with van der Waals surface area (Å²) in [6.45, 7) is 3.43. The van der Waals surface area contributed by atoms with E-state index in [1.165, 1.54) is 44.9 Å². The number of hydrogen-bond acceptors (Lipinski definition) is 2.